The number of likely N-dealkylation sites (tertiary alicyclic amines) is 1. The number of benzene rings is 1. The molecule has 2 aliphatic rings. The first kappa shape index (κ1) is 16.3. The van der Waals surface area contributed by atoms with Crippen molar-refractivity contribution in [3.8, 4) is 0 Å². The van der Waals surface area contributed by atoms with Crippen molar-refractivity contribution < 1.29 is 18.9 Å². The number of aryl methyl sites for hydroxylation is 1. The quantitative estimate of drug-likeness (QED) is 0.621. The van der Waals surface area contributed by atoms with Crippen molar-refractivity contribution in [3.63, 3.8) is 0 Å². The van der Waals surface area contributed by atoms with E-state index in [1.807, 2.05) is 29.2 Å². The number of fused-ring (bicyclic) bond motifs is 1. The molecule has 0 N–H and O–H groups in total. The SMILES string of the molecule is O=C(c1ccc([N+](=O)[O-])o1)N1CC(C(=O)N2CCCc3ccccc32)C1. The standard InChI is InChI=1S/C18H17N3O5/c22-17(20-9-3-5-12-4-1-2-6-14(12)20)13-10-19(11-13)18(23)15-7-8-16(26-15)21(24)25/h1-2,4,6-8,13H,3,5,9-11H2. The van der Waals surface area contributed by atoms with E-state index in [-0.39, 0.29) is 17.6 Å². The summed E-state index contributed by atoms with van der Waals surface area (Å²) in [6.07, 6.45) is 1.89. The highest BCUT2D eigenvalue weighted by Gasteiger charge is 2.40. The van der Waals surface area contributed by atoms with Gasteiger partial charge in [-0.15, -0.1) is 0 Å². The summed E-state index contributed by atoms with van der Waals surface area (Å²) in [6, 6.07) is 10.3. The predicted octanol–water partition coefficient (Wildman–Crippen LogP) is 2.24. The van der Waals surface area contributed by atoms with Crippen molar-refractivity contribution in [3.05, 3.63) is 57.8 Å². The fraction of sp³-hybridized carbons (Fsp3) is 0.333. The molecule has 1 aromatic carbocycles. The van der Waals surface area contributed by atoms with E-state index >= 15 is 0 Å². The molecule has 3 heterocycles. The predicted molar refractivity (Wildman–Crippen MR) is 91.9 cm³/mol. The van der Waals surface area contributed by atoms with Crippen LogP contribution >= 0.6 is 0 Å². The lowest BCUT2D eigenvalue weighted by Gasteiger charge is -2.41. The number of para-hydroxylation sites is 1. The number of hydrogen-bond acceptors (Lipinski definition) is 5. The third-order valence-corrected chi connectivity index (χ3v) is 4.88. The van der Waals surface area contributed by atoms with E-state index in [1.54, 1.807) is 0 Å². The first-order chi connectivity index (χ1) is 12.5. The first-order valence-electron chi connectivity index (χ1n) is 8.47. The van der Waals surface area contributed by atoms with Crippen molar-refractivity contribution in [1.82, 2.24) is 4.90 Å². The van der Waals surface area contributed by atoms with Crippen LogP contribution < -0.4 is 4.90 Å². The molecular weight excluding hydrogens is 338 g/mol. The van der Waals surface area contributed by atoms with Gasteiger partial charge in [0.05, 0.1) is 12.0 Å². The average Bonchev–Trinajstić information content (AvgIpc) is 3.10. The number of furan rings is 1. The first-order valence-corrected chi connectivity index (χ1v) is 8.47. The Morgan fingerprint density at radius 3 is 2.65 bits per heavy atom. The Balaban J connectivity index is 1.41. The van der Waals surface area contributed by atoms with Gasteiger partial charge in [-0.2, -0.15) is 0 Å². The van der Waals surface area contributed by atoms with Gasteiger partial charge in [0.15, 0.2) is 5.76 Å². The molecule has 1 fully saturated rings. The fourth-order valence-electron chi connectivity index (χ4n) is 3.48. The second-order valence-electron chi connectivity index (χ2n) is 6.52. The van der Waals surface area contributed by atoms with Crippen LogP contribution in [-0.2, 0) is 11.2 Å². The smallest absolute Gasteiger partial charge is 0.395 e. The van der Waals surface area contributed by atoms with E-state index in [2.05, 4.69) is 0 Å². The Bertz CT molecular complexity index is 884. The summed E-state index contributed by atoms with van der Waals surface area (Å²) in [5, 5.41) is 10.6. The molecule has 0 atom stereocenters. The Morgan fingerprint density at radius 1 is 1.15 bits per heavy atom. The Labute approximate surface area is 149 Å². The number of anilines is 1. The van der Waals surface area contributed by atoms with Gasteiger partial charge >= 0.3 is 5.88 Å². The highest BCUT2D eigenvalue weighted by Crippen LogP contribution is 2.30. The van der Waals surface area contributed by atoms with Gasteiger partial charge in [-0.3, -0.25) is 19.7 Å². The van der Waals surface area contributed by atoms with Gasteiger partial charge in [-0.25, -0.2) is 0 Å². The second-order valence-corrected chi connectivity index (χ2v) is 6.52. The minimum atomic E-state index is -0.687. The molecule has 0 bridgehead atoms. The summed E-state index contributed by atoms with van der Waals surface area (Å²) < 4.78 is 4.94. The highest BCUT2D eigenvalue weighted by atomic mass is 16.6. The maximum absolute atomic E-state index is 12.8. The number of carbonyl (C=O) groups is 2. The number of nitrogens with zero attached hydrogens (tertiary/aromatic N) is 3. The minimum absolute atomic E-state index is 0.0200. The second kappa shape index (κ2) is 6.29. The molecule has 8 heteroatoms. The molecule has 26 heavy (non-hydrogen) atoms. The molecule has 8 nitrogen and oxygen atoms in total. The zero-order valence-electron chi connectivity index (χ0n) is 14.0. The molecule has 2 aliphatic heterocycles. The van der Waals surface area contributed by atoms with Crippen LogP contribution in [0.1, 0.15) is 22.5 Å². The van der Waals surface area contributed by atoms with Crippen molar-refractivity contribution >= 4 is 23.4 Å². The molecule has 0 spiro atoms. The number of nitro groups is 1. The van der Waals surface area contributed by atoms with Crippen LogP contribution in [0.4, 0.5) is 11.6 Å². The topological polar surface area (TPSA) is 96.9 Å². The molecule has 1 aromatic heterocycles. The zero-order valence-corrected chi connectivity index (χ0v) is 14.0. The maximum atomic E-state index is 12.8. The van der Waals surface area contributed by atoms with Crippen LogP contribution in [0.3, 0.4) is 0 Å². The normalized spacial score (nSPS) is 16.8. The van der Waals surface area contributed by atoms with Crippen LogP contribution in [0.2, 0.25) is 0 Å². The third-order valence-electron chi connectivity index (χ3n) is 4.88. The Hall–Kier alpha value is -3.16. The van der Waals surface area contributed by atoms with Gasteiger partial charge in [0, 0.05) is 25.3 Å². The molecule has 134 valence electrons. The van der Waals surface area contributed by atoms with E-state index in [1.165, 1.54) is 16.5 Å². The third kappa shape index (κ3) is 2.73. The highest BCUT2D eigenvalue weighted by molar-refractivity contribution is 5.99. The summed E-state index contributed by atoms with van der Waals surface area (Å²) in [6.45, 7) is 1.28. The molecule has 1 saturated heterocycles. The molecule has 0 unspecified atom stereocenters. The van der Waals surface area contributed by atoms with Crippen molar-refractivity contribution in [1.29, 1.82) is 0 Å². The monoisotopic (exact) mass is 355 g/mol. The molecular formula is C18H17N3O5. The van der Waals surface area contributed by atoms with E-state index in [0.717, 1.165) is 24.6 Å². The molecule has 2 aromatic rings. The van der Waals surface area contributed by atoms with Crippen LogP contribution in [0, 0.1) is 16.0 Å². The molecule has 2 amide bonds. The lowest BCUT2D eigenvalue weighted by molar-refractivity contribution is -0.402. The van der Waals surface area contributed by atoms with Gasteiger partial charge in [-0.1, -0.05) is 18.2 Å². The number of carbonyl (C=O) groups excluding carboxylic acids is 2. The maximum Gasteiger partial charge on any atom is 0.433 e. The number of hydrogen-bond donors (Lipinski definition) is 0. The van der Waals surface area contributed by atoms with E-state index in [4.69, 9.17) is 4.42 Å². The Kier molecular flexibility index (Phi) is 3.95. The number of rotatable bonds is 3. The van der Waals surface area contributed by atoms with Crippen LogP contribution in [0.5, 0.6) is 0 Å². The van der Waals surface area contributed by atoms with Crippen molar-refractivity contribution in [2.45, 2.75) is 12.8 Å². The van der Waals surface area contributed by atoms with E-state index in [0.29, 0.717) is 19.6 Å². The summed E-state index contributed by atoms with van der Waals surface area (Å²) in [7, 11) is 0. The molecule has 0 radical (unpaired) electrons. The fourth-order valence-corrected chi connectivity index (χ4v) is 3.48. The lowest BCUT2D eigenvalue weighted by atomic mass is 9.95. The summed E-state index contributed by atoms with van der Waals surface area (Å²) >= 11 is 0. The zero-order chi connectivity index (χ0) is 18.3. The lowest BCUT2D eigenvalue weighted by Crippen LogP contribution is -2.57. The van der Waals surface area contributed by atoms with Crippen LogP contribution in [0.25, 0.3) is 0 Å². The van der Waals surface area contributed by atoms with E-state index < -0.39 is 16.7 Å². The van der Waals surface area contributed by atoms with Gasteiger partial charge in [0.25, 0.3) is 5.91 Å². The summed E-state index contributed by atoms with van der Waals surface area (Å²) in [5.41, 5.74) is 2.12. The Morgan fingerprint density at radius 2 is 1.92 bits per heavy atom. The van der Waals surface area contributed by atoms with Crippen LogP contribution in [0.15, 0.2) is 40.8 Å². The van der Waals surface area contributed by atoms with Gasteiger partial charge in [0.1, 0.15) is 4.92 Å². The van der Waals surface area contributed by atoms with Gasteiger partial charge in [0.2, 0.25) is 5.91 Å². The molecule has 4 rings (SSSR count). The van der Waals surface area contributed by atoms with Crippen molar-refractivity contribution in [2.24, 2.45) is 5.92 Å². The average molecular weight is 355 g/mol. The van der Waals surface area contributed by atoms with Crippen molar-refractivity contribution in [2.75, 3.05) is 24.5 Å². The molecule has 0 aliphatic carbocycles. The van der Waals surface area contributed by atoms with Gasteiger partial charge in [-0.05, 0) is 30.5 Å². The minimum Gasteiger partial charge on any atom is -0.395 e. The van der Waals surface area contributed by atoms with E-state index in [9.17, 15) is 19.7 Å². The summed E-state index contributed by atoms with van der Waals surface area (Å²) in [4.78, 5) is 38.3. The van der Waals surface area contributed by atoms with Crippen LogP contribution in [-0.4, -0.2) is 41.3 Å². The largest absolute Gasteiger partial charge is 0.433 e. The number of amides is 2. The summed E-state index contributed by atoms with van der Waals surface area (Å²) in [5.74, 6) is -1.21. The van der Waals surface area contributed by atoms with Gasteiger partial charge < -0.3 is 14.2 Å². The molecule has 0 saturated carbocycles.